The van der Waals surface area contributed by atoms with E-state index in [4.69, 9.17) is 4.74 Å². The van der Waals surface area contributed by atoms with Gasteiger partial charge in [-0.15, -0.1) is 10.2 Å². The Morgan fingerprint density at radius 1 is 0.897 bits per heavy atom. The first-order valence-electron chi connectivity index (χ1n) is 9.57. The summed E-state index contributed by atoms with van der Waals surface area (Å²) in [6.07, 6.45) is 0. The summed E-state index contributed by atoms with van der Waals surface area (Å²) < 4.78 is 5.21. The maximum absolute atomic E-state index is 12.8. The van der Waals surface area contributed by atoms with Gasteiger partial charge in [-0.25, -0.2) is 0 Å². The molecule has 29 heavy (non-hydrogen) atoms. The van der Waals surface area contributed by atoms with E-state index in [2.05, 4.69) is 20.4 Å². The molecule has 0 radical (unpaired) electrons. The fourth-order valence-corrected chi connectivity index (χ4v) is 3.31. The Hall–Kier alpha value is -3.61. The quantitative estimate of drug-likeness (QED) is 0.723. The molecular formula is C22H23N5O2. The molecule has 2 heterocycles. The largest absolute Gasteiger partial charge is 0.497 e. The zero-order chi connectivity index (χ0) is 20.1. The van der Waals surface area contributed by atoms with Crippen molar-refractivity contribution < 1.29 is 9.53 Å². The van der Waals surface area contributed by atoms with E-state index in [0.717, 1.165) is 30.2 Å². The molecule has 1 aliphatic rings. The lowest BCUT2D eigenvalue weighted by Gasteiger charge is -2.36. The number of hydrogen-bond donors (Lipinski definition) is 1. The number of para-hydroxylation sites is 1. The van der Waals surface area contributed by atoms with Crippen molar-refractivity contribution in [2.45, 2.75) is 0 Å². The average Bonchev–Trinajstić information content (AvgIpc) is 2.80. The summed E-state index contributed by atoms with van der Waals surface area (Å²) in [5.41, 5.74) is 2.42. The Balaban J connectivity index is 1.34. The van der Waals surface area contributed by atoms with Crippen LogP contribution in [0.15, 0.2) is 66.7 Å². The molecule has 1 N–H and O–H groups in total. The van der Waals surface area contributed by atoms with E-state index in [1.807, 2.05) is 59.5 Å². The number of nitrogens with zero attached hydrogens (tertiary/aromatic N) is 4. The van der Waals surface area contributed by atoms with Crippen LogP contribution < -0.4 is 15.0 Å². The molecular weight excluding hydrogens is 366 g/mol. The molecule has 4 rings (SSSR count). The number of nitrogens with one attached hydrogen (secondary N) is 1. The predicted molar refractivity (Wildman–Crippen MR) is 113 cm³/mol. The minimum absolute atomic E-state index is 0.0851. The lowest BCUT2D eigenvalue weighted by atomic mass is 10.2. The van der Waals surface area contributed by atoms with Gasteiger partial charge in [-0.1, -0.05) is 18.2 Å². The Morgan fingerprint density at radius 3 is 2.24 bits per heavy atom. The van der Waals surface area contributed by atoms with E-state index < -0.39 is 0 Å². The summed E-state index contributed by atoms with van der Waals surface area (Å²) in [5, 5.41) is 11.4. The van der Waals surface area contributed by atoms with Crippen LogP contribution in [0, 0.1) is 0 Å². The third-order valence-corrected chi connectivity index (χ3v) is 4.93. The standard InChI is InChI=1S/C22H23N5O2/c1-29-19-9-7-18(8-10-19)26-13-15-27(16-14-26)22(28)20-11-12-21(25-24-20)23-17-5-3-2-4-6-17/h2-12H,13-16H2,1H3,(H,23,25). The molecule has 0 saturated carbocycles. The maximum Gasteiger partial charge on any atom is 0.274 e. The molecule has 3 aromatic rings. The number of carbonyl (C=O) groups is 1. The Labute approximate surface area is 169 Å². The number of rotatable bonds is 5. The minimum atomic E-state index is -0.0851. The number of piperazine rings is 1. The van der Waals surface area contributed by atoms with Crippen molar-refractivity contribution in [3.8, 4) is 5.75 Å². The third kappa shape index (κ3) is 4.45. The highest BCUT2D eigenvalue weighted by atomic mass is 16.5. The van der Waals surface area contributed by atoms with Gasteiger partial charge in [0, 0.05) is 37.6 Å². The van der Waals surface area contributed by atoms with Crippen molar-refractivity contribution in [3.05, 3.63) is 72.4 Å². The minimum Gasteiger partial charge on any atom is -0.497 e. The molecule has 1 fully saturated rings. The summed E-state index contributed by atoms with van der Waals surface area (Å²) in [4.78, 5) is 16.9. The molecule has 1 amide bonds. The van der Waals surface area contributed by atoms with Crippen LogP contribution in [0.3, 0.4) is 0 Å². The van der Waals surface area contributed by atoms with Gasteiger partial charge in [-0.3, -0.25) is 4.79 Å². The second-order valence-electron chi connectivity index (χ2n) is 6.77. The zero-order valence-corrected chi connectivity index (χ0v) is 16.3. The van der Waals surface area contributed by atoms with Crippen molar-refractivity contribution in [3.63, 3.8) is 0 Å². The second kappa shape index (κ2) is 8.60. The fraction of sp³-hybridized carbons (Fsp3) is 0.227. The van der Waals surface area contributed by atoms with Gasteiger partial charge in [-0.2, -0.15) is 0 Å². The summed E-state index contributed by atoms with van der Waals surface area (Å²) in [5.74, 6) is 1.36. The summed E-state index contributed by atoms with van der Waals surface area (Å²) in [6, 6.07) is 21.2. The third-order valence-electron chi connectivity index (χ3n) is 4.93. The van der Waals surface area contributed by atoms with E-state index >= 15 is 0 Å². The lowest BCUT2D eigenvalue weighted by Crippen LogP contribution is -2.49. The number of anilines is 3. The van der Waals surface area contributed by atoms with E-state index in [9.17, 15) is 4.79 Å². The van der Waals surface area contributed by atoms with Gasteiger partial charge in [0.25, 0.3) is 5.91 Å². The monoisotopic (exact) mass is 389 g/mol. The number of amides is 1. The molecule has 7 heteroatoms. The van der Waals surface area contributed by atoms with Gasteiger partial charge in [0.05, 0.1) is 7.11 Å². The fourth-order valence-electron chi connectivity index (χ4n) is 3.31. The van der Waals surface area contributed by atoms with Gasteiger partial charge in [0.15, 0.2) is 11.5 Å². The summed E-state index contributed by atoms with van der Waals surface area (Å²) >= 11 is 0. The average molecular weight is 389 g/mol. The van der Waals surface area contributed by atoms with Gasteiger partial charge in [0.1, 0.15) is 5.75 Å². The molecule has 1 saturated heterocycles. The normalized spacial score (nSPS) is 13.8. The first-order chi connectivity index (χ1) is 14.2. The maximum atomic E-state index is 12.8. The highest BCUT2D eigenvalue weighted by Gasteiger charge is 2.23. The molecule has 1 aromatic heterocycles. The van der Waals surface area contributed by atoms with Gasteiger partial charge >= 0.3 is 0 Å². The number of aromatic nitrogens is 2. The number of carbonyl (C=O) groups excluding carboxylic acids is 1. The molecule has 0 unspecified atom stereocenters. The van der Waals surface area contributed by atoms with Crippen LogP contribution >= 0.6 is 0 Å². The molecule has 0 aliphatic carbocycles. The van der Waals surface area contributed by atoms with Crippen molar-refractivity contribution in [1.82, 2.24) is 15.1 Å². The highest BCUT2D eigenvalue weighted by Crippen LogP contribution is 2.21. The smallest absolute Gasteiger partial charge is 0.274 e. The first kappa shape index (κ1) is 18.7. The van der Waals surface area contributed by atoms with E-state index in [1.165, 1.54) is 0 Å². The lowest BCUT2D eigenvalue weighted by molar-refractivity contribution is 0.0739. The van der Waals surface area contributed by atoms with Gasteiger partial charge < -0.3 is 19.9 Å². The van der Waals surface area contributed by atoms with E-state index in [-0.39, 0.29) is 5.91 Å². The first-order valence-corrected chi connectivity index (χ1v) is 9.57. The Kier molecular flexibility index (Phi) is 5.56. The van der Waals surface area contributed by atoms with Crippen molar-refractivity contribution >= 4 is 23.1 Å². The Morgan fingerprint density at radius 2 is 1.62 bits per heavy atom. The summed E-state index contributed by atoms with van der Waals surface area (Å²) in [7, 11) is 1.66. The molecule has 0 atom stereocenters. The Bertz CT molecular complexity index is 937. The predicted octanol–water partition coefficient (Wildman–Crippen LogP) is 3.19. The molecule has 0 bridgehead atoms. The number of hydrogen-bond acceptors (Lipinski definition) is 6. The molecule has 2 aromatic carbocycles. The van der Waals surface area contributed by atoms with Gasteiger partial charge in [-0.05, 0) is 48.5 Å². The molecule has 7 nitrogen and oxygen atoms in total. The van der Waals surface area contributed by atoms with Crippen LogP contribution in [0.25, 0.3) is 0 Å². The van der Waals surface area contributed by atoms with Crippen LogP contribution in [-0.4, -0.2) is 54.3 Å². The van der Waals surface area contributed by atoms with Crippen LogP contribution in [0.5, 0.6) is 5.75 Å². The van der Waals surface area contributed by atoms with Crippen LogP contribution in [0.2, 0.25) is 0 Å². The van der Waals surface area contributed by atoms with Crippen molar-refractivity contribution in [2.24, 2.45) is 0 Å². The van der Waals surface area contributed by atoms with Crippen LogP contribution in [0.1, 0.15) is 10.5 Å². The number of ether oxygens (including phenoxy) is 1. The van der Waals surface area contributed by atoms with Crippen molar-refractivity contribution in [1.29, 1.82) is 0 Å². The topological polar surface area (TPSA) is 70.6 Å². The molecule has 148 valence electrons. The highest BCUT2D eigenvalue weighted by molar-refractivity contribution is 5.92. The van der Waals surface area contributed by atoms with Gasteiger partial charge in [0.2, 0.25) is 0 Å². The summed E-state index contributed by atoms with van der Waals surface area (Å²) in [6.45, 7) is 2.85. The van der Waals surface area contributed by atoms with E-state index in [0.29, 0.717) is 24.6 Å². The molecule has 1 aliphatic heterocycles. The van der Waals surface area contributed by atoms with Crippen molar-refractivity contribution in [2.75, 3.05) is 43.5 Å². The van der Waals surface area contributed by atoms with Crippen LogP contribution in [-0.2, 0) is 0 Å². The van der Waals surface area contributed by atoms with E-state index in [1.54, 1.807) is 19.2 Å². The number of benzene rings is 2. The second-order valence-corrected chi connectivity index (χ2v) is 6.77. The SMILES string of the molecule is COc1ccc(N2CCN(C(=O)c3ccc(Nc4ccccc4)nn3)CC2)cc1. The zero-order valence-electron chi connectivity index (χ0n) is 16.3. The van der Waals surface area contributed by atoms with Crippen LogP contribution in [0.4, 0.5) is 17.2 Å². The molecule has 0 spiro atoms. The number of methoxy groups -OCH3 is 1.